The van der Waals surface area contributed by atoms with Gasteiger partial charge in [-0.25, -0.2) is 0 Å². The van der Waals surface area contributed by atoms with Crippen LogP contribution in [-0.2, 0) is 4.79 Å². The molecule has 0 aliphatic carbocycles. The fraction of sp³-hybridized carbons (Fsp3) is 0.273. The van der Waals surface area contributed by atoms with E-state index in [0.29, 0.717) is 35.1 Å². The van der Waals surface area contributed by atoms with Crippen LogP contribution < -0.4 is 19.5 Å². The molecular weight excluding hydrogens is 356 g/mol. The monoisotopic (exact) mass is 380 g/mol. The normalized spacial score (nSPS) is 10.7. The van der Waals surface area contributed by atoms with Crippen LogP contribution in [0.2, 0.25) is 0 Å². The predicted molar refractivity (Wildman–Crippen MR) is 109 cm³/mol. The Kier molecular flexibility index (Phi) is 7.92. The van der Waals surface area contributed by atoms with Gasteiger partial charge in [0.25, 0.3) is 5.91 Å². The Bertz CT molecular complexity index is 884. The van der Waals surface area contributed by atoms with E-state index in [9.17, 15) is 10.1 Å². The molecule has 6 nitrogen and oxygen atoms in total. The zero-order valence-electron chi connectivity index (χ0n) is 16.3. The highest BCUT2D eigenvalue weighted by atomic mass is 16.5. The maximum Gasteiger partial charge on any atom is 0.266 e. The summed E-state index contributed by atoms with van der Waals surface area (Å²) in [5.41, 5.74) is 1.13. The number of nitriles is 1. The van der Waals surface area contributed by atoms with E-state index in [1.165, 1.54) is 13.2 Å². The summed E-state index contributed by atoms with van der Waals surface area (Å²) in [6.45, 7) is 2.65. The molecule has 0 aliphatic heterocycles. The Morgan fingerprint density at radius 3 is 2.54 bits per heavy atom. The third-order valence-corrected chi connectivity index (χ3v) is 3.97. The van der Waals surface area contributed by atoms with E-state index >= 15 is 0 Å². The van der Waals surface area contributed by atoms with Crippen molar-refractivity contribution in [2.45, 2.75) is 19.8 Å². The number of hydrogen-bond donors (Lipinski definition) is 1. The molecule has 0 heterocycles. The lowest BCUT2D eigenvalue weighted by molar-refractivity contribution is -0.112. The third kappa shape index (κ3) is 5.52. The second-order valence-electron chi connectivity index (χ2n) is 5.94. The van der Waals surface area contributed by atoms with E-state index in [0.717, 1.165) is 12.8 Å². The summed E-state index contributed by atoms with van der Waals surface area (Å²) < 4.78 is 16.3. The standard InChI is InChI=1S/C22H24N2O4/c1-4-5-12-28-21-14-16(10-11-20(21)27-3)13-17(15-23)22(25)24-18-8-6-7-9-19(18)26-2/h6-11,13-14H,4-5,12H2,1-3H3,(H,24,25)/b17-13+. The Morgan fingerprint density at radius 2 is 1.86 bits per heavy atom. The molecule has 2 aromatic carbocycles. The Hall–Kier alpha value is -3.46. The quantitative estimate of drug-likeness (QED) is 0.395. The number of carbonyl (C=O) groups excluding carboxylic acids is 1. The van der Waals surface area contributed by atoms with Crippen molar-refractivity contribution in [1.82, 2.24) is 0 Å². The average Bonchev–Trinajstić information content (AvgIpc) is 2.72. The molecule has 0 saturated carbocycles. The molecule has 0 radical (unpaired) electrons. The van der Waals surface area contributed by atoms with E-state index in [1.807, 2.05) is 6.07 Å². The summed E-state index contributed by atoms with van der Waals surface area (Å²) in [6.07, 6.45) is 3.45. The van der Waals surface area contributed by atoms with Crippen molar-refractivity contribution in [1.29, 1.82) is 5.26 Å². The number of methoxy groups -OCH3 is 2. The molecule has 1 amide bonds. The molecule has 0 bridgehead atoms. The van der Waals surface area contributed by atoms with Gasteiger partial charge in [-0.05, 0) is 42.3 Å². The summed E-state index contributed by atoms with van der Waals surface area (Å²) in [7, 11) is 3.09. The third-order valence-electron chi connectivity index (χ3n) is 3.97. The minimum absolute atomic E-state index is 0.0319. The van der Waals surface area contributed by atoms with Gasteiger partial charge in [0.2, 0.25) is 0 Å². The van der Waals surface area contributed by atoms with E-state index in [2.05, 4.69) is 12.2 Å². The van der Waals surface area contributed by atoms with Gasteiger partial charge in [-0.3, -0.25) is 4.79 Å². The number of nitrogens with one attached hydrogen (secondary N) is 1. The van der Waals surface area contributed by atoms with Crippen molar-refractivity contribution >= 4 is 17.7 Å². The second kappa shape index (κ2) is 10.6. The molecule has 2 aromatic rings. The lowest BCUT2D eigenvalue weighted by atomic mass is 10.1. The van der Waals surface area contributed by atoms with E-state index in [1.54, 1.807) is 49.6 Å². The van der Waals surface area contributed by atoms with Crippen LogP contribution in [0.1, 0.15) is 25.3 Å². The predicted octanol–water partition coefficient (Wildman–Crippen LogP) is 4.43. The molecule has 2 rings (SSSR count). The number of benzene rings is 2. The van der Waals surface area contributed by atoms with Crippen LogP contribution in [-0.4, -0.2) is 26.7 Å². The summed E-state index contributed by atoms with van der Waals surface area (Å²) in [4.78, 5) is 12.5. The van der Waals surface area contributed by atoms with Crippen molar-refractivity contribution in [2.24, 2.45) is 0 Å². The molecule has 0 atom stereocenters. The molecule has 1 N–H and O–H groups in total. The van der Waals surface area contributed by atoms with Crippen molar-refractivity contribution in [3.63, 3.8) is 0 Å². The molecule has 6 heteroatoms. The minimum atomic E-state index is -0.517. The molecule has 146 valence electrons. The van der Waals surface area contributed by atoms with Crippen LogP contribution in [0.5, 0.6) is 17.2 Å². The SMILES string of the molecule is CCCCOc1cc(/C=C(\C#N)C(=O)Nc2ccccc2OC)ccc1OC. The number of anilines is 1. The first-order valence-corrected chi connectivity index (χ1v) is 9.00. The van der Waals surface area contributed by atoms with Gasteiger partial charge in [0.05, 0.1) is 26.5 Å². The number of carbonyl (C=O) groups is 1. The van der Waals surface area contributed by atoms with Crippen molar-refractivity contribution < 1.29 is 19.0 Å². The topological polar surface area (TPSA) is 80.6 Å². The largest absolute Gasteiger partial charge is 0.495 e. The van der Waals surface area contributed by atoms with Crippen LogP contribution in [0.4, 0.5) is 5.69 Å². The highest BCUT2D eigenvalue weighted by molar-refractivity contribution is 6.10. The van der Waals surface area contributed by atoms with Gasteiger partial charge < -0.3 is 19.5 Å². The van der Waals surface area contributed by atoms with Gasteiger partial charge in [0.1, 0.15) is 17.4 Å². The molecule has 0 fully saturated rings. The number of unbranched alkanes of at least 4 members (excludes halogenated alkanes) is 1. The van der Waals surface area contributed by atoms with Crippen molar-refractivity contribution in [3.8, 4) is 23.3 Å². The number of ether oxygens (including phenoxy) is 3. The van der Waals surface area contributed by atoms with Gasteiger partial charge in [-0.15, -0.1) is 0 Å². The van der Waals surface area contributed by atoms with Gasteiger partial charge in [-0.2, -0.15) is 5.26 Å². The lowest BCUT2D eigenvalue weighted by Gasteiger charge is -2.11. The van der Waals surface area contributed by atoms with Gasteiger partial charge in [0, 0.05) is 0 Å². The summed E-state index contributed by atoms with van der Waals surface area (Å²) in [5, 5.41) is 12.1. The fourth-order valence-corrected chi connectivity index (χ4v) is 2.48. The van der Waals surface area contributed by atoms with E-state index in [4.69, 9.17) is 14.2 Å². The van der Waals surface area contributed by atoms with Crippen molar-refractivity contribution in [2.75, 3.05) is 26.1 Å². The minimum Gasteiger partial charge on any atom is -0.495 e. The summed E-state index contributed by atoms with van der Waals surface area (Å²) in [6, 6.07) is 14.2. The fourth-order valence-electron chi connectivity index (χ4n) is 2.48. The Balaban J connectivity index is 2.24. The van der Waals surface area contributed by atoms with Crippen LogP contribution >= 0.6 is 0 Å². The summed E-state index contributed by atoms with van der Waals surface area (Å²) >= 11 is 0. The first-order valence-electron chi connectivity index (χ1n) is 9.00. The van der Waals surface area contributed by atoms with Crippen LogP contribution in [0.25, 0.3) is 6.08 Å². The zero-order valence-corrected chi connectivity index (χ0v) is 16.3. The number of amides is 1. The zero-order chi connectivity index (χ0) is 20.4. The molecule has 0 aromatic heterocycles. The Labute approximate surface area is 165 Å². The maximum absolute atomic E-state index is 12.5. The van der Waals surface area contributed by atoms with E-state index in [-0.39, 0.29) is 5.57 Å². The van der Waals surface area contributed by atoms with Crippen LogP contribution in [0, 0.1) is 11.3 Å². The van der Waals surface area contributed by atoms with Crippen molar-refractivity contribution in [3.05, 3.63) is 53.6 Å². The molecule has 28 heavy (non-hydrogen) atoms. The number of hydrogen-bond acceptors (Lipinski definition) is 5. The average molecular weight is 380 g/mol. The number of rotatable bonds is 9. The molecule has 0 unspecified atom stereocenters. The summed E-state index contributed by atoms with van der Waals surface area (Å²) in [5.74, 6) is 1.18. The van der Waals surface area contributed by atoms with Gasteiger partial charge >= 0.3 is 0 Å². The van der Waals surface area contributed by atoms with Crippen LogP contribution in [0.15, 0.2) is 48.0 Å². The molecule has 0 saturated heterocycles. The Morgan fingerprint density at radius 1 is 1.11 bits per heavy atom. The van der Waals surface area contributed by atoms with Gasteiger partial charge in [-0.1, -0.05) is 31.5 Å². The lowest BCUT2D eigenvalue weighted by Crippen LogP contribution is -2.14. The first kappa shape index (κ1) is 20.8. The van der Waals surface area contributed by atoms with Gasteiger partial charge in [0.15, 0.2) is 11.5 Å². The first-order chi connectivity index (χ1) is 13.6. The molecular formula is C22H24N2O4. The maximum atomic E-state index is 12.5. The van der Waals surface area contributed by atoms with E-state index < -0.39 is 5.91 Å². The smallest absolute Gasteiger partial charge is 0.266 e. The highest BCUT2D eigenvalue weighted by Crippen LogP contribution is 2.29. The molecule has 0 aliphatic rings. The van der Waals surface area contributed by atoms with Crippen LogP contribution in [0.3, 0.4) is 0 Å². The highest BCUT2D eigenvalue weighted by Gasteiger charge is 2.13. The molecule has 0 spiro atoms. The number of para-hydroxylation sites is 2. The second-order valence-corrected chi connectivity index (χ2v) is 5.94. The number of nitrogens with zero attached hydrogens (tertiary/aromatic N) is 1.